The van der Waals surface area contributed by atoms with Gasteiger partial charge in [-0.25, -0.2) is 9.59 Å². The van der Waals surface area contributed by atoms with E-state index < -0.39 is 24.1 Å². The molecule has 0 aliphatic carbocycles. The molecule has 0 aromatic rings. The first kappa shape index (κ1) is 15.2. The molecule has 8 nitrogen and oxygen atoms in total. The highest BCUT2D eigenvalue weighted by molar-refractivity contribution is 5.87. The number of likely N-dealkylation sites (N-methyl/N-ethyl adjacent to an activating group) is 2. The molecule has 1 heterocycles. The number of hydrogen-bond donors (Lipinski definition) is 2. The summed E-state index contributed by atoms with van der Waals surface area (Å²) in [6.07, 6.45) is -0.834. The minimum Gasteiger partial charge on any atom is -0.480 e. The van der Waals surface area contributed by atoms with Gasteiger partial charge in [-0.1, -0.05) is 0 Å². The Bertz CT molecular complexity index is 385. The highest BCUT2D eigenvalue weighted by atomic mass is 16.4. The average molecular weight is 273 g/mol. The van der Waals surface area contributed by atoms with Gasteiger partial charge < -0.3 is 24.9 Å². The molecule has 1 aliphatic rings. The molecule has 1 aliphatic heterocycles. The van der Waals surface area contributed by atoms with E-state index in [-0.39, 0.29) is 25.4 Å². The Labute approximate surface area is 111 Å². The number of nitrogens with zero attached hydrogens (tertiary/aromatic N) is 3. The summed E-state index contributed by atoms with van der Waals surface area (Å²) in [5.41, 5.74) is 0. The van der Waals surface area contributed by atoms with E-state index in [0.29, 0.717) is 0 Å². The molecule has 0 radical (unpaired) electrons. The van der Waals surface area contributed by atoms with Crippen LogP contribution in [0.1, 0.15) is 6.42 Å². The van der Waals surface area contributed by atoms with Gasteiger partial charge in [0.2, 0.25) is 5.91 Å². The molecule has 3 amide bonds. The fraction of sp³-hybridized carbons (Fsp3) is 0.727. The van der Waals surface area contributed by atoms with Gasteiger partial charge in [-0.05, 0) is 0 Å². The lowest BCUT2D eigenvalue weighted by Gasteiger charge is -2.27. The third-order valence-electron chi connectivity index (χ3n) is 3.01. The molecule has 0 aromatic carbocycles. The zero-order chi connectivity index (χ0) is 14.7. The molecule has 1 fully saturated rings. The van der Waals surface area contributed by atoms with Gasteiger partial charge in [0.05, 0.1) is 6.10 Å². The lowest BCUT2D eigenvalue weighted by atomic mass is 10.2. The van der Waals surface area contributed by atoms with Crippen molar-refractivity contribution < 1.29 is 24.6 Å². The average Bonchev–Trinajstić information content (AvgIpc) is 2.70. The van der Waals surface area contributed by atoms with E-state index in [2.05, 4.69) is 0 Å². The van der Waals surface area contributed by atoms with E-state index in [1.54, 1.807) is 14.1 Å². The molecule has 108 valence electrons. The molecule has 0 aromatic heterocycles. The Morgan fingerprint density at radius 3 is 2.32 bits per heavy atom. The number of amides is 3. The normalized spacial score (nSPS) is 22.2. The lowest BCUT2D eigenvalue weighted by molar-refractivity contribution is -0.141. The van der Waals surface area contributed by atoms with Crippen molar-refractivity contribution in [3.05, 3.63) is 0 Å². The number of aliphatic hydroxyl groups excluding tert-OH is 1. The van der Waals surface area contributed by atoms with Crippen molar-refractivity contribution in [1.29, 1.82) is 0 Å². The molecule has 8 heteroatoms. The minimum absolute atomic E-state index is 0.0105. The first-order chi connectivity index (χ1) is 8.73. The highest BCUT2D eigenvalue weighted by Gasteiger charge is 2.40. The zero-order valence-electron chi connectivity index (χ0n) is 11.2. The number of aliphatic hydroxyl groups is 1. The lowest BCUT2D eigenvalue weighted by Crippen LogP contribution is -2.49. The van der Waals surface area contributed by atoms with Crippen molar-refractivity contribution in [2.75, 3.05) is 34.2 Å². The van der Waals surface area contributed by atoms with E-state index in [0.717, 1.165) is 9.80 Å². The third-order valence-corrected chi connectivity index (χ3v) is 3.01. The number of carboxylic acids is 1. The summed E-state index contributed by atoms with van der Waals surface area (Å²) < 4.78 is 0. The second-order valence-corrected chi connectivity index (χ2v) is 4.82. The highest BCUT2D eigenvalue weighted by Crippen LogP contribution is 2.19. The fourth-order valence-electron chi connectivity index (χ4n) is 1.89. The molecule has 0 unspecified atom stereocenters. The number of likely N-dealkylation sites (tertiary alicyclic amines) is 1. The number of aliphatic carboxylic acids is 1. The molecular formula is C11H19N3O5. The Morgan fingerprint density at radius 2 is 1.84 bits per heavy atom. The van der Waals surface area contributed by atoms with Crippen molar-refractivity contribution in [3.8, 4) is 0 Å². The number of carbonyl (C=O) groups excluding carboxylic acids is 2. The summed E-state index contributed by atoms with van der Waals surface area (Å²) >= 11 is 0. The van der Waals surface area contributed by atoms with Crippen LogP contribution in [0.2, 0.25) is 0 Å². The van der Waals surface area contributed by atoms with Crippen molar-refractivity contribution in [2.24, 2.45) is 0 Å². The molecule has 1 rings (SSSR count). The van der Waals surface area contributed by atoms with Gasteiger partial charge in [0, 0.05) is 34.1 Å². The third kappa shape index (κ3) is 3.57. The molecule has 0 spiro atoms. The molecule has 0 bridgehead atoms. The number of carboxylic acid groups (broad SMARTS) is 1. The van der Waals surface area contributed by atoms with E-state index in [1.165, 1.54) is 11.9 Å². The summed E-state index contributed by atoms with van der Waals surface area (Å²) in [4.78, 5) is 38.2. The largest absolute Gasteiger partial charge is 0.480 e. The molecule has 0 saturated carbocycles. The second kappa shape index (κ2) is 5.87. The quantitative estimate of drug-likeness (QED) is 0.662. The van der Waals surface area contributed by atoms with Gasteiger partial charge in [-0.2, -0.15) is 0 Å². The van der Waals surface area contributed by atoms with Gasteiger partial charge in [0.15, 0.2) is 0 Å². The van der Waals surface area contributed by atoms with Gasteiger partial charge in [-0.15, -0.1) is 0 Å². The molecule has 19 heavy (non-hydrogen) atoms. The van der Waals surface area contributed by atoms with Gasteiger partial charge in [0.1, 0.15) is 12.6 Å². The number of urea groups is 1. The van der Waals surface area contributed by atoms with Crippen LogP contribution in [-0.2, 0) is 9.59 Å². The monoisotopic (exact) mass is 273 g/mol. The summed E-state index contributed by atoms with van der Waals surface area (Å²) in [6, 6.07) is -1.61. The number of carbonyl (C=O) groups is 3. The Hall–Kier alpha value is -1.83. The van der Waals surface area contributed by atoms with E-state index in [4.69, 9.17) is 5.11 Å². The van der Waals surface area contributed by atoms with Crippen LogP contribution in [-0.4, -0.2) is 89.2 Å². The van der Waals surface area contributed by atoms with Crippen LogP contribution in [0.15, 0.2) is 0 Å². The van der Waals surface area contributed by atoms with Crippen molar-refractivity contribution in [2.45, 2.75) is 18.6 Å². The first-order valence-corrected chi connectivity index (χ1v) is 5.86. The van der Waals surface area contributed by atoms with Gasteiger partial charge >= 0.3 is 12.0 Å². The van der Waals surface area contributed by atoms with Crippen molar-refractivity contribution in [3.63, 3.8) is 0 Å². The van der Waals surface area contributed by atoms with Crippen LogP contribution < -0.4 is 0 Å². The van der Waals surface area contributed by atoms with Crippen LogP contribution in [0.25, 0.3) is 0 Å². The summed E-state index contributed by atoms with van der Waals surface area (Å²) in [5.74, 6) is -1.42. The predicted octanol–water partition coefficient (Wildman–Crippen LogP) is -1.35. The standard InChI is InChI=1S/C11H19N3O5/c1-12(2)9(16)6-13(3)11(19)14-5-7(15)4-8(14)10(17)18/h7-8,15H,4-6H2,1-3H3,(H,17,18)/t7-,8-/m1/s1. The van der Waals surface area contributed by atoms with E-state index >= 15 is 0 Å². The van der Waals surface area contributed by atoms with Gasteiger partial charge in [0.25, 0.3) is 0 Å². The Kier molecular flexibility index (Phi) is 4.71. The summed E-state index contributed by atoms with van der Waals surface area (Å²) in [5, 5.41) is 18.5. The van der Waals surface area contributed by atoms with Crippen LogP contribution in [0.5, 0.6) is 0 Å². The first-order valence-electron chi connectivity index (χ1n) is 5.86. The minimum atomic E-state index is -1.16. The van der Waals surface area contributed by atoms with E-state index in [1.807, 2.05) is 0 Å². The second-order valence-electron chi connectivity index (χ2n) is 4.82. The maximum Gasteiger partial charge on any atom is 0.326 e. The molecule has 2 N–H and O–H groups in total. The number of hydrogen-bond acceptors (Lipinski definition) is 4. The summed E-state index contributed by atoms with van der Waals surface area (Å²) in [7, 11) is 4.56. The maximum absolute atomic E-state index is 12.1. The zero-order valence-corrected chi connectivity index (χ0v) is 11.2. The topological polar surface area (TPSA) is 101 Å². The van der Waals surface area contributed by atoms with Crippen LogP contribution >= 0.6 is 0 Å². The van der Waals surface area contributed by atoms with Crippen molar-refractivity contribution in [1.82, 2.24) is 14.7 Å². The Morgan fingerprint density at radius 1 is 1.26 bits per heavy atom. The Balaban J connectivity index is 2.70. The smallest absolute Gasteiger partial charge is 0.326 e. The molecule has 1 saturated heterocycles. The number of rotatable bonds is 3. The molecular weight excluding hydrogens is 254 g/mol. The fourth-order valence-corrected chi connectivity index (χ4v) is 1.89. The summed E-state index contributed by atoms with van der Waals surface area (Å²) in [6.45, 7) is -0.166. The van der Waals surface area contributed by atoms with Crippen LogP contribution in [0.4, 0.5) is 4.79 Å². The number of β-amino-alcohol motifs (C(OH)–C–C–N with tert-alkyl or cyclic N) is 1. The van der Waals surface area contributed by atoms with Crippen LogP contribution in [0, 0.1) is 0 Å². The van der Waals surface area contributed by atoms with Crippen LogP contribution in [0.3, 0.4) is 0 Å². The SMILES string of the molecule is CN(C)C(=O)CN(C)C(=O)N1C[C@H](O)C[C@@H]1C(=O)O. The van der Waals surface area contributed by atoms with Gasteiger partial charge in [-0.3, -0.25) is 4.79 Å². The molecule has 2 atom stereocenters. The van der Waals surface area contributed by atoms with E-state index in [9.17, 15) is 19.5 Å². The maximum atomic E-state index is 12.1. The predicted molar refractivity (Wildman–Crippen MR) is 65.5 cm³/mol. The van der Waals surface area contributed by atoms with Crippen molar-refractivity contribution >= 4 is 17.9 Å².